The van der Waals surface area contributed by atoms with Gasteiger partial charge < -0.3 is 9.64 Å². The van der Waals surface area contributed by atoms with Gasteiger partial charge in [0.15, 0.2) is 0 Å². The molecule has 6 heteroatoms. The van der Waals surface area contributed by atoms with Crippen LogP contribution in [-0.4, -0.2) is 64.9 Å². The van der Waals surface area contributed by atoms with Crippen LogP contribution in [0.25, 0.3) is 0 Å². The van der Waals surface area contributed by atoms with E-state index in [-0.39, 0.29) is 11.9 Å². The Labute approximate surface area is 125 Å². The predicted molar refractivity (Wildman–Crippen MR) is 78.8 cm³/mol. The summed E-state index contributed by atoms with van der Waals surface area (Å²) in [7, 11) is 0. The van der Waals surface area contributed by atoms with Crippen molar-refractivity contribution in [2.24, 2.45) is 0 Å². The molecule has 0 aliphatic carbocycles. The lowest BCUT2D eigenvalue weighted by molar-refractivity contribution is -0.132. The first kappa shape index (κ1) is 14.5. The quantitative estimate of drug-likeness (QED) is 0.809. The van der Waals surface area contributed by atoms with Crippen LogP contribution < -0.4 is 0 Å². The number of likely N-dealkylation sites (tertiary alicyclic amines) is 1. The molecule has 2 aliphatic rings. The Morgan fingerprint density at radius 1 is 1.43 bits per heavy atom. The number of ether oxygens (including phenoxy) is 1. The second-order valence-corrected chi connectivity index (χ2v) is 5.84. The van der Waals surface area contributed by atoms with Gasteiger partial charge in [0.2, 0.25) is 5.91 Å². The zero-order valence-electron chi connectivity index (χ0n) is 12.7. The molecule has 0 bridgehead atoms. The van der Waals surface area contributed by atoms with Gasteiger partial charge in [-0.05, 0) is 25.8 Å². The topological polar surface area (TPSA) is 50.6 Å². The van der Waals surface area contributed by atoms with Crippen molar-refractivity contribution in [1.29, 1.82) is 0 Å². The Kier molecular flexibility index (Phi) is 4.55. The Bertz CT molecular complexity index is 482. The fourth-order valence-corrected chi connectivity index (χ4v) is 3.22. The summed E-state index contributed by atoms with van der Waals surface area (Å²) in [4.78, 5) is 16.5. The molecule has 1 saturated heterocycles. The van der Waals surface area contributed by atoms with Crippen LogP contribution in [0.1, 0.15) is 31.5 Å². The molecular weight excluding hydrogens is 268 g/mol. The Morgan fingerprint density at radius 2 is 2.24 bits per heavy atom. The summed E-state index contributed by atoms with van der Waals surface area (Å²) >= 11 is 0. The third-order valence-electron chi connectivity index (χ3n) is 4.28. The molecule has 0 radical (unpaired) electrons. The minimum atomic E-state index is 0.204. The van der Waals surface area contributed by atoms with Crippen molar-refractivity contribution in [3.63, 3.8) is 0 Å². The minimum absolute atomic E-state index is 0.204. The highest BCUT2D eigenvalue weighted by molar-refractivity contribution is 5.78. The van der Waals surface area contributed by atoms with Gasteiger partial charge >= 0.3 is 0 Å². The summed E-state index contributed by atoms with van der Waals surface area (Å²) in [5, 5.41) is 4.40. The van der Waals surface area contributed by atoms with E-state index < -0.39 is 0 Å². The number of nitrogens with zero attached hydrogens (tertiary/aromatic N) is 4. The van der Waals surface area contributed by atoms with E-state index >= 15 is 0 Å². The molecule has 0 spiro atoms. The van der Waals surface area contributed by atoms with Crippen LogP contribution in [-0.2, 0) is 16.1 Å². The summed E-state index contributed by atoms with van der Waals surface area (Å²) in [5.41, 5.74) is 1.17. The third kappa shape index (κ3) is 3.27. The van der Waals surface area contributed by atoms with Crippen LogP contribution in [0, 0.1) is 0 Å². The van der Waals surface area contributed by atoms with E-state index in [9.17, 15) is 4.79 Å². The predicted octanol–water partition coefficient (Wildman–Crippen LogP) is 0.899. The summed E-state index contributed by atoms with van der Waals surface area (Å²) in [5.74, 6) is 0.260. The van der Waals surface area contributed by atoms with E-state index in [2.05, 4.69) is 10.00 Å². The summed E-state index contributed by atoms with van der Waals surface area (Å²) in [6, 6.07) is 2.24. The van der Waals surface area contributed by atoms with Crippen LogP contribution in [0.15, 0.2) is 12.3 Å². The van der Waals surface area contributed by atoms with E-state index in [0.717, 1.165) is 39.0 Å². The molecule has 3 rings (SSSR count). The molecule has 2 aliphatic heterocycles. The van der Waals surface area contributed by atoms with Crippen molar-refractivity contribution in [1.82, 2.24) is 19.6 Å². The number of hydrogen-bond acceptors (Lipinski definition) is 4. The zero-order chi connectivity index (χ0) is 14.7. The zero-order valence-corrected chi connectivity index (χ0v) is 12.7. The molecule has 6 nitrogen and oxygen atoms in total. The molecular formula is C15H24N4O2. The Morgan fingerprint density at radius 3 is 3.00 bits per heavy atom. The van der Waals surface area contributed by atoms with Gasteiger partial charge in [-0.1, -0.05) is 0 Å². The fourth-order valence-electron chi connectivity index (χ4n) is 3.22. The van der Waals surface area contributed by atoms with Crippen molar-refractivity contribution in [2.75, 3.05) is 39.4 Å². The highest BCUT2D eigenvalue weighted by Crippen LogP contribution is 2.21. The maximum absolute atomic E-state index is 12.3. The highest BCUT2D eigenvalue weighted by atomic mass is 16.5. The molecule has 3 heterocycles. The lowest BCUT2D eigenvalue weighted by atomic mass is 10.2. The van der Waals surface area contributed by atoms with Crippen LogP contribution in [0.3, 0.4) is 0 Å². The van der Waals surface area contributed by atoms with Crippen molar-refractivity contribution in [2.45, 2.75) is 32.4 Å². The molecule has 1 amide bonds. The summed E-state index contributed by atoms with van der Waals surface area (Å²) < 4.78 is 7.62. The lowest BCUT2D eigenvalue weighted by Crippen LogP contribution is -2.45. The normalized spacial score (nSPS) is 22.5. The molecule has 1 fully saturated rings. The first-order valence-electron chi connectivity index (χ1n) is 7.88. The Balaban J connectivity index is 1.63. The summed E-state index contributed by atoms with van der Waals surface area (Å²) in [6.07, 6.45) is 4.12. The van der Waals surface area contributed by atoms with Gasteiger partial charge in [-0.15, -0.1) is 0 Å². The van der Waals surface area contributed by atoms with Crippen LogP contribution in [0.2, 0.25) is 0 Å². The maximum atomic E-state index is 12.3. The number of aromatic nitrogens is 2. The van der Waals surface area contributed by atoms with E-state index in [1.165, 1.54) is 5.69 Å². The summed E-state index contributed by atoms with van der Waals surface area (Å²) in [6.45, 7) is 7.34. The SMILES string of the molecule is CCOCC1CN(CC(=O)N2CCCC2)Cc2ccnn21. The minimum Gasteiger partial charge on any atom is -0.379 e. The number of fused-ring (bicyclic) bond motifs is 1. The fraction of sp³-hybridized carbons (Fsp3) is 0.733. The number of amides is 1. The lowest BCUT2D eigenvalue weighted by Gasteiger charge is -2.34. The van der Waals surface area contributed by atoms with E-state index in [1.54, 1.807) is 0 Å². The molecule has 0 saturated carbocycles. The molecule has 1 aromatic rings. The van der Waals surface area contributed by atoms with E-state index in [0.29, 0.717) is 19.8 Å². The molecule has 1 aromatic heterocycles. The van der Waals surface area contributed by atoms with Crippen LogP contribution in [0.4, 0.5) is 0 Å². The van der Waals surface area contributed by atoms with E-state index in [4.69, 9.17) is 4.74 Å². The average Bonchev–Trinajstić information content (AvgIpc) is 3.15. The first-order valence-corrected chi connectivity index (χ1v) is 7.88. The van der Waals surface area contributed by atoms with Crippen molar-refractivity contribution in [3.05, 3.63) is 18.0 Å². The molecule has 21 heavy (non-hydrogen) atoms. The molecule has 1 unspecified atom stereocenters. The average molecular weight is 292 g/mol. The van der Waals surface area contributed by atoms with Gasteiger partial charge in [-0.2, -0.15) is 5.10 Å². The van der Waals surface area contributed by atoms with Crippen molar-refractivity contribution >= 4 is 5.91 Å². The highest BCUT2D eigenvalue weighted by Gasteiger charge is 2.28. The monoisotopic (exact) mass is 292 g/mol. The van der Waals surface area contributed by atoms with Crippen molar-refractivity contribution < 1.29 is 9.53 Å². The number of carbonyl (C=O) groups is 1. The van der Waals surface area contributed by atoms with Gasteiger partial charge in [0.05, 0.1) is 24.9 Å². The number of rotatable bonds is 5. The van der Waals surface area contributed by atoms with Gasteiger partial charge in [0.25, 0.3) is 0 Å². The smallest absolute Gasteiger partial charge is 0.236 e. The van der Waals surface area contributed by atoms with Crippen LogP contribution >= 0.6 is 0 Å². The van der Waals surface area contributed by atoms with E-state index in [1.807, 2.05) is 28.8 Å². The third-order valence-corrected chi connectivity index (χ3v) is 4.28. The van der Waals surface area contributed by atoms with Crippen LogP contribution in [0.5, 0.6) is 0 Å². The Hall–Kier alpha value is -1.40. The first-order chi connectivity index (χ1) is 10.3. The van der Waals surface area contributed by atoms with Gasteiger partial charge in [0.1, 0.15) is 0 Å². The standard InChI is InChI=1S/C15H24N4O2/c1-2-21-12-14-10-17(9-13-5-6-16-19(13)14)11-15(20)18-7-3-4-8-18/h5-6,14H,2-4,7-12H2,1H3. The molecule has 116 valence electrons. The van der Waals surface area contributed by atoms with Gasteiger partial charge in [-0.25, -0.2) is 0 Å². The van der Waals surface area contributed by atoms with Gasteiger partial charge in [0, 0.05) is 39.0 Å². The second-order valence-electron chi connectivity index (χ2n) is 5.84. The largest absolute Gasteiger partial charge is 0.379 e. The maximum Gasteiger partial charge on any atom is 0.236 e. The molecule has 1 atom stereocenters. The van der Waals surface area contributed by atoms with Gasteiger partial charge in [-0.3, -0.25) is 14.4 Å². The number of hydrogen-bond donors (Lipinski definition) is 0. The molecule has 0 N–H and O–H groups in total. The number of carbonyl (C=O) groups excluding carboxylic acids is 1. The second kappa shape index (κ2) is 6.58. The van der Waals surface area contributed by atoms with Crippen molar-refractivity contribution in [3.8, 4) is 0 Å². The molecule has 0 aromatic carbocycles.